The highest BCUT2D eigenvalue weighted by Gasteiger charge is 2.10. The van der Waals surface area contributed by atoms with Gasteiger partial charge in [-0.25, -0.2) is 0 Å². The summed E-state index contributed by atoms with van der Waals surface area (Å²) in [6, 6.07) is 11.3. The first-order valence-electron chi connectivity index (χ1n) is 7.04. The van der Waals surface area contributed by atoms with Gasteiger partial charge in [-0.3, -0.25) is 4.90 Å². The Morgan fingerprint density at radius 1 is 1.08 bits per heavy atom. The SMILES string of the molecule is COc1ccc(CN(C)Cc2ccc(OS(=O)(=O)F)cc2)cc1O. The van der Waals surface area contributed by atoms with Crippen molar-refractivity contribution in [3.05, 3.63) is 53.6 Å². The molecule has 2 aromatic carbocycles. The van der Waals surface area contributed by atoms with Crippen LogP contribution in [0.5, 0.6) is 17.2 Å². The van der Waals surface area contributed by atoms with Gasteiger partial charge in [-0.1, -0.05) is 22.1 Å². The van der Waals surface area contributed by atoms with E-state index in [0.29, 0.717) is 18.8 Å². The molecule has 0 aliphatic carbocycles. The number of rotatable bonds is 7. The van der Waals surface area contributed by atoms with Crippen molar-refractivity contribution in [2.24, 2.45) is 0 Å². The minimum atomic E-state index is -5.01. The predicted octanol–water partition coefficient (Wildman–Crippen LogP) is 2.63. The first-order valence-corrected chi connectivity index (χ1v) is 8.35. The summed E-state index contributed by atoms with van der Waals surface area (Å²) in [5.41, 5.74) is 1.82. The maximum absolute atomic E-state index is 12.4. The highest BCUT2D eigenvalue weighted by molar-refractivity contribution is 7.81. The summed E-state index contributed by atoms with van der Waals surface area (Å²) in [6.45, 7) is 1.17. The molecule has 0 bridgehead atoms. The van der Waals surface area contributed by atoms with Gasteiger partial charge in [0.2, 0.25) is 0 Å². The lowest BCUT2D eigenvalue weighted by Crippen LogP contribution is -2.17. The zero-order chi connectivity index (χ0) is 17.7. The summed E-state index contributed by atoms with van der Waals surface area (Å²) >= 11 is 0. The quantitative estimate of drug-likeness (QED) is 0.770. The lowest BCUT2D eigenvalue weighted by atomic mass is 10.1. The topological polar surface area (TPSA) is 76.1 Å². The van der Waals surface area contributed by atoms with Crippen molar-refractivity contribution in [1.29, 1.82) is 0 Å². The number of aromatic hydroxyl groups is 1. The number of phenols is 1. The van der Waals surface area contributed by atoms with Gasteiger partial charge in [-0.15, -0.1) is 0 Å². The summed E-state index contributed by atoms with van der Waals surface area (Å²) in [7, 11) is -1.62. The third-order valence-corrected chi connectivity index (χ3v) is 3.66. The van der Waals surface area contributed by atoms with Crippen LogP contribution in [0.25, 0.3) is 0 Å². The normalized spacial score (nSPS) is 11.5. The number of hydrogen-bond donors (Lipinski definition) is 1. The Hall–Kier alpha value is -2.32. The number of hydrogen-bond acceptors (Lipinski definition) is 6. The van der Waals surface area contributed by atoms with Gasteiger partial charge in [0.25, 0.3) is 0 Å². The number of benzene rings is 2. The van der Waals surface area contributed by atoms with Crippen LogP contribution in [0.1, 0.15) is 11.1 Å². The number of nitrogens with zero attached hydrogens (tertiary/aromatic N) is 1. The summed E-state index contributed by atoms with van der Waals surface area (Å²) in [5.74, 6) is 0.418. The molecule has 0 saturated carbocycles. The smallest absolute Gasteiger partial charge is 0.488 e. The Morgan fingerprint density at radius 3 is 2.21 bits per heavy atom. The van der Waals surface area contributed by atoms with Gasteiger partial charge in [-0.2, -0.15) is 8.42 Å². The first kappa shape index (κ1) is 18.0. The van der Waals surface area contributed by atoms with Crippen molar-refractivity contribution in [3.63, 3.8) is 0 Å². The fourth-order valence-electron chi connectivity index (χ4n) is 2.28. The van der Waals surface area contributed by atoms with E-state index in [-0.39, 0.29) is 11.5 Å². The molecule has 130 valence electrons. The molecule has 0 saturated heterocycles. The van der Waals surface area contributed by atoms with Gasteiger partial charge in [0.15, 0.2) is 11.5 Å². The van der Waals surface area contributed by atoms with Crippen molar-refractivity contribution < 1.29 is 26.3 Å². The third kappa shape index (κ3) is 5.39. The highest BCUT2D eigenvalue weighted by Crippen LogP contribution is 2.26. The van der Waals surface area contributed by atoms with Crippen LogP contribution in [-0.4, -0.2) is 32.6 Å². The number of phenolic OH excluding ortho intramolecular Hbond substituents is 1. The van der Waals surface area contributed by atoms with E-state index in [4.69, 9.17) is 4.74 Å². The molecule has 0 radical (unpaired) electrons. The second kappa shape index (κ2) is 7.50. The molecule has 0 amide bonds. The summed E-state index contributed by atoms with van der Waals surface area (Å²) in [4.78, 5) is 2.00. The number of halogens is 1. The van der Waals surface area contributed by atoms with Crippen molar-refractivity contribution in [2.45, 2.75) is 13.1 Å². The zero-order valence-electron chi connectivity index (χ0n) is 13.3. The molecule has 0 aliphatic rings. The molecule has 2 aromatic rings. The Morgan fingerprint density at radius 2 is 1.67 bits per heavy atom. The summed E-state index contributed by atoms with van der Waals surface area (Å²) in [6.07, 6.45) is 0. The van der Waals surface area contributed by atoms with Crippen molar-refractivity contribution in [2.75, 3.05) is 14.2 Å². The Labute approximate surface area is 140 Å². The molecule has 24 heavy (non-hydrogen) atoms. The lowest BCUT2D eigenvalue weighted by Gasteiger charge is -2.17. The average molecular weight is 355 g/mol. The Kier molecular flexibility index (Phi) is 5.63. The van der Waals surface area contributed by atoms with E-state index in [1.165, 1.54) is 19.2 Å². The molecule has 0 heterocycles. The minimum absolute atomic E-state index is 0.0796. The molecular formula is C16H18FNO5S. The van der Waals surface area contributed by atoms with E-state index < -0.39 is 10.5 Å². The molecule has 8 heteroatoms. The maximum atomic E-state index is 12.4. The standard InChI is InChI=1S/C16H18FNO5S/c1-18(11-13-5-8-16(22-2)15(19)9-13)10-12-3-6-14(7-4-12)23-24(17,20)21/h3-9,19H,10-11H2,1-2H3. The highest BCUT2D eigenvalue weighted by atomic mass is 32.3. The van der Waals surface area contributed by atoms with Gasteiger partial charge >= 0.3 is 10.5 Å². The van der Waals surface area contributed by atoms with Crippen molar-refractivity contribution in [1.82, 2.24) is 4.90 Å². The van der Waals surface area contributed by atoms with E-state index >= 15 is 0 Å². The fraction of sp³-hybridized carbons (Fsp3) is 0.250. The second-order valence-electron chi connectivity index (χ2n) is 5.30. The minimum Gasteiger partial charge on any atom is -0.504 e. The van der Waals surface area contributed by atoms with Gasteiger partial charge in [0, 0.05) is 13.1 Å². The van der Waals surface area contributed by atoms with E-state index in [1.807, 2.05) is 18.0 Å². The molecule has 0 unspecified atom stereocenters. The number of methoxy groups -OCH3 is 1. The molecule has 2 rings (SSSR count). The average Bonchev–Trinajstić information content (AvgIpc) is 2.48. The van der Waals surface area contributed by atoms with Crippen LogP contribution in [0.3, 0.4) is 0 Å². The molecule has 0 fully saturated rings. The number of ether oxygens (including phenoxy) is 1. The maximum Gasteiger partial charge on any atom is 0.488 e. The fourth-order valence-corrected chi connectivity index (χ4v) is 2.62. The Balaban J connectivity index is 1.97. The van der Waals surface area contributed by atoms with Crippen molar-refractivity contribution >= 4 is 10.5 Å². The van der Waals surface area contributed by atoms with E-state index in [2.05, 4.69) is 4.18 Å². The molecule has 0 atom stereocenters. The van der Waals surface area contributed by atoms with Crippen LogP contribution in [0.4, 0.5) is 3.89 Å². The Bertz CT molecular complexity index is 793. The largest absolute Gasteiger partial charge is 0.504 e. The van der Waals surface area contributed by atoms with Gasteiger partial charge < -0.3 is 14.0 Å². The zero-order valence-corrected chi connectivity index (χ0v) is 14.1. The summed E-state index contributed by atoms with van der Waals surface area (Å²) < 4.78 is 42.4. The van der Waals surface area contributed by atoms with Crippen LogP contribution >= 0.6 is 0 Å². The molecule has 0 aliphatic heterocycles. The van der Waals surface area contributed by atoms with Gasteiger partial charge in [0.05, 0.1) is 7.11 Å². The molecule has 0 aromatic heterocycles. The molecule has 0 spiro atoms. The van der Waals surface area contributed by atoms with E-state index in [1.54, 1.807) is 24.3 Å². The van der Waals surface area contributed by atoms with E-state index in [0.717, 1.165) is 11.1 Å². The van der Waals surface area contributed by atoms with Crippen LogP contribution < -0.4 is 8.92 Å². The monoisotopic (exact) mass is 355 g/mol. The van der Waals surface area contributed by atoms with Gasteiger partial charge in [0.1, 0.15) is 5.75 Å². The lowest BCUT2D eigenvalue weighted by molar-refractivity contribution is 0.317. The van der Waals surface area contributed by atoms with Crippen LogP contribution in [0.2, 0.25) is 0 Å². The summed E-state index contributed by atoms with van der Waals surface area (Å²) in [5, 5.41) is 9.78. The van der Waals surface area contributed by atoms with Crippen LogP contribution in [-0.2, 0) is 23.6 Å². The van der Waals surface area contributed by atoms with Gasteiger partial charge in [-0.05, 0) is 42.4 Å². The molecule has 1 N–H and O–H groups in total. The second-order valence-corrected chi connectivity index (χ2v) is 6.25. The first-order chi connectivity index (χ1) is 11.3. The molecular weight excluding hydrogens is 337 g/mol. The predicted molar refractivity (Wildman–Crippen MR) is 86.9 cm³/mol. The third-order valence-electron chi connectivity index (χ3n) is 3.27. The van der Waals surface area contributed by atoms with Crippen LogP contribution in [0.15, 0.2) is 42.5 Å². The molecule has 6 nitrogen and oxygen atoms in total. The van der Waals surface area contributed by atoms with Crippen LogP contribution in [0, 0.1) is 0 Å². The van der Waals surface area contributed by atoms with Crippen molar-refractivity contribution in [3.8, 4) is 17.2 Å². The van der Waals surface area contributed by atoms with E-state index in [9.17, 15) is 17.4 Å².